The molecule has 2 aromatic heterocycles. The number of para-hydroxylation sites is 1. The van der Waals surface area contributed by atoms with Crippen LogP contribution in [0.2, 0.25) is 0 Å². The topological polar surface area (TPSA) is 35.8 Å². The summed E-state index contributed by atoms with van der Waals surface area (Å²) in [6.45, 7) is 1.96. The van der Waals surface area contributed by atoms with Crippen LogP contribution in [0.1, 0.15) is 0 Å². The van der Waals surface area contributed by atoms with E-state index in [0.29, 0.717) is 0 Å². The van der Waals surface area contributed by atoms with Crippen LogP contribution in [0.5, 0.6) is 0 Å². The molecule has 0 saturated carbocycles. The van der Waals surface area contributed by atoms with Crippen molar-refractivity contribution in [3.8, 4) is 0 Å². The van der Waals surface area contributed by atoms with E-state index in [1.165, 1.54) is 33.2 Å². The van der Waals surface area contributed by atoms with Gasteiger partial charge in [-0.2, -0.15) is 0 Å². The van der Waals surface area contributed by atoms with Crippen molar-refractivity contribution in [1.29, 1.82) is 0 Å². The van der Waals surface area contributed by atoms with Gasteiger partial charge in [0.2, 0.25) is 0 Å². The largest absolute Gasteiger partial charge is 0.344 e. The van der Waals surface area contributed by atoms with Gasteiger partial charge in [0.05, 0.1) is 22.7 Å². The Hall–Kier alpha value is -3.40. The van der Waals surface area contributed by atoms with E-state index in [0.717, 1.165) is 24.1 Å². The Bertz CT molecular complexity index is 1300. The molecule has 0 atom stereocenters. The summed E-state index contributed by atoms with van der Waals surface area (Å²) >= 11 is 0. The molecule has 0 bridgehead atoms. The van der Waals surface area contributed by atoms with E-state index in [1.807, 2.05) is 0 Å². The van der Waals surface area contributed by atoms with E-state index in [1.54, 1.807) is 6.33 Å². The molecule has 0 radical (unpaired) electrons. The van der Waals surface area contributed by atoms with Crippen molar-refractivity contribution in [3.05, 3.63) is 73.1 Å². The van der Waals surface area contributed by atoms with Crippen molar-refractivity contribution in [3.63, 3.8) is 0 Å². The van der Waals surface area contributed by atoms with Crippen molar-refractivity contribution >= 4 is 44.2 Å². The molecule has 124 valence electrons. The molecule has 5 aromatic rings. The second-order valence-electron chi connectivity index (χ2n) is 6.79. The predicted molar refractivity (Wildman–Crippen MR) is 105 cm³/mol. The Kier molecular flexibility index (Phi) is 2.69. The number of pyridine rings is 1. The molecule has 0 spiro atoms. The molecular formula is C22H17N4+. The number of hydrogen-bond donors (Lipinski definition) is 1. The Morgan fingerprint density at radius 3 is 2.62 bits per heavy atom. The molecule has 6 rings (SSSR count). The second-order valence-corrected chi connectivity index (χ2v) is 6.79. The molecule has 0 fully saturated rings. The third-order valence-electron chi connectivity index (χ3n) is 5.43. The highest BCUT2D eigenvalue weighted by molar-refractivity contribution is 6.08. The molecule has 26 heavy (non-hydrogen) atoms. The lowest BCUT2D eigenvalue weighted by Crippen LogP contribution is -2.32. The first kappa shape index (κ1) is 13.8. The summed E-state index contributed by atoms with van der Waals surface area (Å²) in [5.74, 6) is 1.28. The molecule has 0 saturated heterocycles. The summed E-state index contributed by atoms with van der Waals surface area (Å²) in [4.78, 5) is 10.00. The SMILES string of the molecule is c1ccc2c(c1)c1[n+](c3ccccc23)CCN1c1ccc2nc[nH]c2c1. The third-order valence-corrected chi connectivity index (χ3v) is 5.43. The number of H-pyrrole nitrogens is 1. The highest BCUT2D eigenvalue weighted by Crippen LogP contribution is 2.36. The summed E-state index contributed by atoms with van der Waals surface area (Å²) in [6.07, 6.45) is 1.75. The van der Waals surface area contributed by atoms with Crippen LogP contribution >= 0.6 is 0 Å². The van der Waals surface area contributed by atoms with Gasteiger partial charge < -0.3 is 4.98 Å². The van der Waals surface area contributed by atoms with E-state index in [9.17, 15) is 0 Å². The molecule has 4 heteroatoms. The quantitative estimate of drug-likeness (QED) is 0.365. The fraction of sp³-hybridized carbons (Fsp3) is 0.0909. The molecule has 0 amide bonds. The van der Waals surface area contributed by atoms with Crippen LogP contribution in [0.25, 0.3) is 32.7 Å². The fourth-order valence-electron chi connectivity index (χ4n) is 4.28. The first-order chi connectivity index (χ1) is 12.9. The molecule has 3 aromatic carbocycles. The summed E-state index contributed by atoms with van der Waals surface area (Å²) < 4.78 is 2.45. The average molecular weight is 337 g/mol. The minimum Gasteiger partial charge on any atom is -0.344 e. The van der Waals surface area contributed by atoms with Gasteiger partial charge in [0.1, 0.15) is 24.3 Å². The molecule has 1 aliphatic heterocycles. The Morgan fingerprint density at radius 1 is 0.885 bits per heavy atom. The van der Waals surface area contributed by atoms with Gasteiger partial charge in [-0.05, 0) is 24.3 Å². The Morgan fingerprint density at radius 2 is 1.69 bits per heavy atom. The normalized spacial score (nSPS) is 13.8. The number of fused-ring (bicyclic) bond motifs is 7. The van der Waals surface area contributed by atoms with Crippen LogP contribution in [0.4, 0.5) is 11.5 Å². The van der Waals surface area contributed by atoms with Crippen molar-refractivity contribution in [1.82, 2.24) is 9.97 Å². The highest BCUT2D eigenvalue weighted by atomic mass is 15.3. The van der Waals surface area contributed by atoms with Gasteiger partial charge in [-0.1, -0.05) is 36.4 Å². The molecule has 0 aliphatic carbocycles. The van der Waals surface area contributed by atoms with Gasteiger partial charge in [0, 0.05) is 16.8 Å². The number of rotatable bonds is 1. The number of nitrogens with zero attached hydrogens (tertiary/aromatic N) is 3. The van der Waals surface area contributed by atoms with Gasteiger partial charge >= 0.3 is 0 Å². The smallest absolute Gasteiger partial charge is 0.290 e. The van der Waals surface area contributed by atoms with Crippen LogP contribution in [-0.4, -0.2) is 16.5 Å². The maximum Gasteiger partial charge on any atom is 0.290 e. The Labute approximate surface area is 150 Å². The Balaban J connectivity index is 1.68. The number of nitrogens with one attached hydrogen (secondary N) is 1. The number of benzene rings is 3. The first-order valence-electron chi connectivity index (χ1n) is 8.94. The average Bonchev–Trinajstić information content (AvgIpc) is 3.35. The number of aromatic nitrogens is 3. The minimum absolute atomic E-state index is 0.970. The van der Waals surface area contributed by atoms with Gasteiger partial charge in [-0.3, -0.25) is 0 Å². The van der Waals surface area contributed by atoms with Crippen molar-refractivity contribution in [2.75, 3.05) is 11.4 Å². The molecule has 4 nitrogen and oxygen atoms in total. The van der Waals surface area contributed by atoms with E-state index in [2.05, 4.69) is 86.2 Å². The van der Waals surface area contributed by atoms with Gasteiger partial charge in [-0.25, -0.2) is 14.5 Å². The maximum absolute atomic E-state index is 4.34. The lowest BCUT2D eigenvalue weighted by Gasteiger charge is -2.13. The van der Waals surface area contributed by atoms with Crippen LogP contribution in [-0.2, 0) is 6.54 Å². The zero-order valence-electron chi connectivity index (χ0n) is 14.2. The molecule has 1 N–H and O–H groups in total. The number of aromatic amines is 1. The van der Waals surface area contributed by atoms with Crippen LogP contribution in [0, 0.1) is 0 Å². The summed E-state index contributed by atoms with van der Waals surface area (Å²) in [5, 5.41) is 3.93. The van der Waals surface area contributed by atoms with Crippen LogP contribution < -0.4 is 9.47 Å². The maximum atomic E-state index is 4.34. The van der Waals surface area contributed by atoms with Crippen LogP contribution in [0.3, 0.4) is 0 Å². The van der Waals surface area contributed by atoms with Gasteiger partial charge in [0.25, 0.3) is 5.82 Å². The zero-order chi connectivity index (χ0) is 17.1. The molecule has 3 heterocycles. The molecule has 1 aliphatic rings. The molecule has 0 unspecified atom stereocenters. The van der Waals surface area contributed by atoms with Crippen molar-refractivity contribution in [2.45, 2.75) is 6.54 Å². The summed E-state index contributed by atoms with van der Waals surface area (Å²) in [7, 11) is 0. The van der Waals surface area contributed by atoms with Gasteiger partial charge in [-0.15, -0.1) is 0 Å². The highest BCUT2D eigenvalue weighted by Gasteiger charge is 2.33. The van der Waals surface area contributed by atoms with E-state index in [4.69, 9.17) is 0 Å². The van der Waals surface area contributed by atoms with E-state index >= 15 is 0 Å². The predicted octanol–water partition coefficient (Wildman–Crippen LogP) is 4.31. The number of anilines is 2. The van der Waals surface area contributed by atoms with E-state index in [-0.39, 0.29) is 0 Å². The second kappa shape index (κ2) is 5.05. The monoisotopic (exact) mass is 337 g/mol. The lowest BCUT2D eigenvalue weighted by molar-refractivity contribution is -0.643. The third kappa shape index (κ3) is 1.78. The summed E-state index contributed by atoms with van der Waals surface area (Å²) in [6, 6.07) is 23.9. The standard InChI is InChI=1S/C22H17N4/c1-2-7-18-16(5-1)17-6-3-4-8-21(17)26-12-11-25(22(18)26)15-9-10-19-20(13-15)24-14-23-19/h1-10,13-14H,11-12H2,(H,23,24)/q+1. The lowest BCUT2D eigenvalue weighted by atomic mass is 10.1. The first-order valence-corrected chi connectivity index (χ1v) is 8.94. The summed E-state index contributed by atoms with van der Waals surface area (Å²) in [5.41, 5.74) is 4.58. The van der Waals surface area contributed by atoms with Crippen LogP contribution in [0.15, 0.2) is 73.1 Å². The van der Waals surface area contributed by atoms with E-state index < -0.39 is 0 Å². The van der Waals surface area contributed by atoms with Gasteiger partial charge in [0.15, 0.2) is 0 Å². The fourth-order valence-corrected chi connectivity index (χ4v) is 4.28. The molecular weight excluding hydrogens is 320 g/mol. The minimum atomic E-state index is 0.970. The van der Waals surface area contributed by atoms with Crippen molar-refractivity contribution < 1.29 is 4.57 Å². The number of imidazole rings is 1. The van der Waals surface area contributed by atoms with Crippen molar-refractivity contribution in [2.24, 2.45) is 0 Å². The zero-order valence-corrected chi connectivity index (χ0v) is 14.2. The number of hydrogen-bond acceptors (Lipinski definition) is 2.